The molecule has 0 saturated carbocycles. The van der Waals surface area contributed by atoms with Gasteiger partial charge in [0.15, 0.2) is 5.76 Å². The number of piperidine rings is 1. The van der Waals surface area contributed by atoms with Crippen LogP contribution in [0.25, 0.3) is 22.4 Å². The molecule has 1 aliphatic rings. The lowest BCUT2D eigenvalue weighted by Crippen LogP contribution is -2.38. The van der Waals surface area contributed by atoms with E-state index >= 15 is 0 Å². The Bertz CT molecular complexity index is 1580. The van der Waals surface area contributed by atoms with Gasteiger partial charge in [0, 0.05) is 25.1 Å². The average molecular weight is 493 g/mol. The van der Waals surface area contributed by atoms with Crippen molar-refractivity contribution < 1.29 is 13.6 Å². The Balaban J connectivity index is 1.11. The number of anilines is 2. The zero-order chi connectivity index (χ0) is 25.2. The average Bonchev–Trinajstić information content (AvgIpc) is 3.70. The first-order valence-electron chi connectivity index (χ1n) is 12.2. The van der Waals surface area contributed by atoms with Crippen LogP contribution in [0.1, 0.15) is 24.1 Å². The summed E-state index contributed by atoms with van der Waals surface area (Å²) in [5, 5.41) is 19.4. The Morgan fingerprint density at radius 2 is 1.92 bits per heavy atom. The molecule has 1 saturated heterocycles. The lowest BCUT2D eigenvalue weighted by Gasteiger charge is -2.30. The zero-order valence-corrected chi connectivity index (χ0v) is 20.0. The Morgan fingerprint density at radius 3 is 2.73 bits per heavy atom. The number of amides is 1. The molecule has 0 unspecified atom stereocenters. The fraction of sp³-hybridized carbons (Fsp3) is 0.214. The van der Waals surface area contributed by atoms with Crippen LogP contribution in [0, 0.1) is 17.2 Å². The van der Waals surface area contributed by atoms with Crippen LogP contribution in [0.3, 0.4) is 0 Å². The maximum absolute atomic E-state index is 13.1. The minimum atomic E-state index is -0.157. The van der Waals surface area contributed by atoms with Crippen molar-refractivity contribution in [2.24, 2.45) is 5.92 Å². The third kappa shape index (κ3) is 4.45. The third-order valence-electron chi connectivity index (χ3n) is 6.77. The lowest BCUT2D eigenvalue weighted by atomic mass is 9.96. The van der Waals surface area contributed by atoms with E-state index in [4.69, 9.17) is 8.83 Å². The molecule has 0 aliphatic carbocycles. The van der Waals surface area contributed by atoms with Crippen LogP contribution in [-0.2, 0) is 11.3 Å². The van der Waals surface area contributed by atoms with E-state index < -0.39 is 0 Å². The molecule has 37 heavy (non-hydrogen) atoms. The largest absolute Gasteiger partial charge is 0.459 e. The number of hydrogen-bond donors (Lipinski definition) is 1. The van der Waals surface area contributed by atoms with Crippen LogP contribution in [-0.4, -0.2) is 33.8 Å². The van der Waals surface area contributed by atoms with E-state index in [-0.39, 0.29) is 23.4 Å². The second-order valence-corrected chi connectivity index (χ2v) is 9.02. The van der Waals surface area contributed by atoms with Crippen LogP contribution in [0.5, 0.6) is 0 Å². The van der Waals surface area contributed by atoms with Gasteiger partial charge in [-0.05, 0) is 41.3 Å². The van der Waals surface area contributed by atoms with Crippen molar-refractivity contribution >= 4 is 28.4 Å². The van der Waals surface area contributed by atoms with Crippen LogP contribution in [0.15, 0.2) is 82.0 Å². The van der Waals surface area contributed by atoms with Gasteiger partial charge in [0.05, 0.1) is 19.0 Å². The van der Waals surface area contributed by atoms with Gasteiger partial charge in [0.1, 0.15) is 11.9 Å². The minimum absolute atomic E-state index is 0.0336. The maximum Gasteiger partial charge on any atom is 0.266 e. The number of carbonyl (C=O) groups is 1. The van der Waals surface area contributed by atoms with E-state index in [2.05, 4.69) is 45.7 Å². The van der Waals surface area contributed by atoms with Crippen LogP contribution in [0.4, 0.5) is 11.7 Å². The van der Waals surface area contributed by atoms with Crippen molar-refractivity contribution in [2.75, 3.05) is 23.3 Å². The van der Waals surface area contributed by atoms with Crippen LogP contribution >= 0.6 is 0 Å². The first-order chi connectivity index (χ1) is 18.2. The number of oxazole rings is 1. The van der Waals surface area contributed by atoms with Crippen molar-refractivity contribution in [3.63, 3.8) is 0 Å². The Morgan fingerprint density at radius 1 is 1.08 bits per heavy atom. The number of nitrogens with one attached hydrogen (secondary N) is 1. The summed E-state index contributed by atoms with van der Waals surface area (Å²) in [6.07, 6.45) is 4.49. The fourth-order valence-electron chi connectivity index (χ4n) is 4.83. The topological polar surface area (TPSA) is 113 Å². The van der Waals surface area contributed by atoms with E-state index in [1.807, 2.05) is 33.8 Å². The molecular weight excluding hydrogens is 468 g/mol. The number of carbonyl (C=O) groups excluding carboxylic acids is 1. The number of benzene rings is 2. The molecule has 0 atom stereocenters. The molecule has 0 radical (unpaired) electrons. The molecule has 9 heteroatoms. The quantitative estimate of drug-likeness (QED) is 0.352. The van der Waals surface area contributed by atoms with Crippen molar-refractivity contribution in [3.8, 4) is 17.7 Å². The van der Waals surface area contributed by atoms with Gasteiger partial charge in [-0.15, -0.1) is 0 Å². The molecule has 1 fully saturated rings. The molecule has 6 rings (SSSR count). The number of fused-ring (bicyclic) bond motifs is 1. The monoisotopic (exact) mass is 492 g/mol. The molecule has 1 amide bonds. The zero-order valence-electron chi connectivity index (χ0n) is 20.0. The van der Waals surface area contributed by atoms with E-state index in [0.29, 0.717) is 49.9 Å². The predicted molar refractivity (Wildman–Crippen MR) is 138 cm³/mol. The number of aromatic nitrogens is 3. The Kier molecular flexibility index (Phi) is 5.91. The highest BCUT2D eigenvalue weighted by atomic mass is 16.4. The van der Waals surface area contributed by atoms with E-state index in [1.165, 1.54) is 17.0 Å². The third-order valence-corrected chi connectivity index (χ3v) is 6.77. The second kappa shape index (κ2) is 9.66. The smallest absolute Gasteiger partial charge is 0.266 e. The fourth-order valence-corrected chi connectivity index (χ4v) is 4.83. The summed E-state index contributed by atoms with van der Waals surface area (Å²) in [4.78, 5) is 19.4. The summed E-state index contributed by atoms with van der Waals surface area (Å²) in [5.74, 6) is 1.64. The van der Waals surface area contributed by atoms with Crippen molar-refractivity contribution in [3.05, 3.63) is 84.4 Å². The molecule has 0 spiro atoms. The van der Waals surface area contributed by atoms with Crippen molar-refractivity contribution in [2.45, 2.75) is 19.4 Å². The molecule has 3 aromatic heterocycles. The Labute approximate surface area is 212 Å². The molecule has 0 bridgehead atoms. The van der Waals surface area contributed by atoms with Crippen LogP contribution in [0.2, 0.25) is 0 Å². The van der Waals surface area contributed by atoms with Gasteiger partial charge < -0.3 is 19.1 Å². The van der Waals surface area contributed by atoms with Gasteiger partial charge in [-0.3, -0.25) is 4.79 Å². The van der Waals surface area contributed by atoms with Gasteiger partial charge in [-0.1, -0.05) is 42.5 Å². The van der Waals surface area contributed by atoms with Gasteiger partial charge in [-0.2, -0.15) is 15.3 Å². The minimum Gasteiger partial charge on any atom is -0.459 e. The van der Waals surface area contributed by atoms with Gasteiger partial charge in [-0.25, -0.2) is 4.68 Å². The number of hydrogen-bond acceptors (Lipinski definition) is 7. The summed E-state index contributed by atoms with van der Waals surface area (Å²) in [6, 6.07) is 21.9. The number of nitriles is 1. The molecule has 1 aliphatic heterocycles. The summed E-state index contributed by atoms with van der Waals surface area (Å²) < 4.78 is 13.0. The van der Waals surface area contributed by atoms with Gasteiger partial charge in [0.25, 0.3) is 5.89 Å². The molecule has 2 aromatic carbocycles. The highest BCUT2D eigenvalue weighted by Gasteiger charge is 2.29. The second-order valence-electron chi connectivity index (χ2n) is 9.02. The maximum atomic E-state index is 13.1. The normalized spacial score (nSPS) is 14.1. The highest BCUT2D eigenvalue weighted by molar-refractivity contribution is 5.92. The standard InChI is InChI=1S/C28H24N6O3/c29-17-23-28(37-27(31-23)24-9-4-16-36-24)33-14-11-20(12-15-33)26(35)32-25-10-13-30-34(25)18-21-7-3-6-19-5-1-2-8-22(19)21/h1-10,13,16,20H,11-12,14-15,18H2,(H,32,35). The summed E-state index contributed by atoms with van der Waals surface area (Å²) in [6.45, 7) is 1.71. The highest BCUT2D eigenvalue weighted by Crippen LogP contribution is 2.31. The molecule has 1 N–H and O–H groups in total. The number of nitrogens with zero attached hydrogens (tertiary/aromatic N) is 5. The van der Waals surface area contributed by atoms with E-state index in [0.717, 1.165) is 5.56 Å². The van der Waals surface area contributed by atoms with Gasteiger partial charge >= 0.3 is 0 Å². The molecule has 9 nitrogen and oxygen atoms in total. The summed E-state index contributed by atoms with van der Waals surface area (Å²) >= 11 is 0. The summed E-state index contributed by atoms with van der Waals surface area (Å²) in [5.41, 5.74) is 1.35. The Hall–Kier alpha value is -4.84. The van der Waals surface area contributed by atoms with E-state index in [1.54, 1.807) is 18.3 Å². The SMILES string of the molecule is N#Cc1nc(-c2ccco2)oc1N1CCC(C(=O)Nc2ccnn2Cc2cccc3ccccc23)CC1. The van der Waals surface area contributed by atoms with E-state index in [9.17, 15) is 10.1 Å². The summed E-state index contributed by atoms with van der Waals surface area (Å²) in [7, 11) is 0. The first kappa shape index (κ1) is 22.6. The predicted octanol–water partition coefficient (Wildman–Crippen LogP) is 5.06. The molecule has 4 heterocycles. The lowest BCUT2D eigenvalue weighted by molar-refractivity contribution is -0.120. The van der Waals surface area contributed by atoms with Gasteiger partial charge in [0.2, 0.25) is 17.5 Å². The molecule has 5 aromatic rings. The number of furan rings is 1. The van der Waals surface area contributed by atoms with Crippen molar-refractivity contribution in [1.29, 1.82) is 5.26 Å². The van der Waals surface area contributed by atoms with Crippen LogP contribution < -0.4 is 10.2 Å². The van der Waals surface area contributed by atoms with Crippen molar-refractivity contribution in [1.82, 2.24) is 14.8 Å². The molecular formula is C28H24N6O3. The number of rotatable bonds is 6. The first-order valence-corrected chi connectivity index (χ1v) is 12.2. The molecule has 184 valence electrons.